The molecule has 0 saturated carbocycles. The maximum absolute atomic E-state index is 5.47. The number of fused-ring (bicyclic) bond motifs is 1. The second kappa shape index (κ2) is 3.91. The van der Waals surface area contributed by atoms with Crippen LogP contribution in [0, 0.1) is 0 Å². The van der Waals surface area contributed by atoms with Crippen molar-refractivity contribution in [3.8, 4) is 17.1 Å². The molecule has 0 fully saturated rings. The van der Waals surface area contributed by atoms with Gasteiger partial charge in [0.05, 0.1) is 12.3 Å². The first-order chi connectivity index (χ1) is 7.84. The van der Waals surface area contributed by atoms with Crippen molar-refractivity contribution < 1.29 is 4.74 Å². The van der Waals surface area contributed by atoms with E-state index >= 15 is 0 Å². The lowest BCUT2D eigenvalue weighted by Gasteiger charge is -2.05. The molecule has 0 atom stereocenters. The van der Waals surface area contributed by atoms with Gasteiger partial charge in [0.2, 0.25) is 5.88 Å². The zero-order valence-corrected chi connectivity index (χ0v) is 10.2. The standard InChI is InChI=1S/C13H10BrNO/c14-11-4-2-1-3-10(11)12-6-5-9-7-8-16-13(9)15-12/h1-6H,7-8H2. The summed E-state index contributed by atoms with van der Waals surface area (Å²) in [5.74, 6) is 0.785. The number of halogens is 1. The summed E-state index contributed by atoms with van der Waals surface area (Å²) in [5.41, 5.74) is 3.25. The number of hydrogen-bond acceptors (Lipinski definition) is 2. The third-order valence-corrected chi connectivity index (χ3v) is 3.39. The fraction of sp³-hybridized carbons (Fsp3) is 0.154. The molecule has 3 rings (SSSR count). The highest BCUT2D eigenvalue weighted by Gasteiger charge is 2.14. The highest BCUT2D eigenvalue weighted by Crippen LogP contribution is 2.30. The van der Waals surface area contributed by atoms with Gasteiger partial charge in [-0.25, -0.2) is 4.98 Å². The lowest BCUT2D eigenvalue weighted by atomic mass is 10.1. The first-order valence-electron chi connectivity index (χ1n) is 5.22. The third kappa shape index (κ3) is 1.61. The Morgan fingerprint density at radius 2 is 2.00 bits per heavy atom. The van der Waals surface area contributed by atoms with Gasteiger partial charge in [-0.05, 0) is 12.1 Å². The molecule has 2 aromatic rings. The molecule has 16 heavy (non-hydrogen) atoms. The molecule has 0 amide bonds. The van der Waals surface area contributed by atoms with Crippen LogP contribution in [0.4, 0.5) is 0 Å². The Balaban J connectivity index is 2.11. The topological polar surface area (TPSA) is 22.1 Å². The largest absolute Gasteiger partial charge is 0.477 e. The average Bonchev–Trinajstić information content (AvgIpc) is 2.76. The third-order valence-electron chi connectivity index (χ3n) is 2.70. The summed E-state index contributed by atoms with van der Waals surface area (Å²) in [6.45, 7) is 0.752. The van der Waals surface area contributed by atoms with Crippen LogP contribution in [0.25, 0.3) is 11.3 Å². The smallest absolute Gasteiger partial charge is 0.217 e. The summed E-state index contributed by atoms with van der Waals surface area (Å²) in [7, 11) is 0. The van der Waals surface area contributed by atoms with Gasteiger partial charge in [-0.2, -0.15) is 0 Å². The van der Waals surface area contributed by atoms with Crippen LogP contribution in [0.1, 0.15) is 5.56 Å². The predicted octanol–water partition coefficient (Wildman–Crippen LogP) is 3.45. The summed E-state index contributed by atoms with van der Waals surface area (Å²) in [6, 6.07) is 12.2. The van der Waals surface area contributed by atoms with Gasteiger partial charge in [0.25, 0.3) is 0 Å². The summed E-state index contributed by atoms with van der Waals surface area (Å²) in [6.07, 6.45) is 0.971. The molecule has 0 spiro atoms. The minimum atomic E-state index is 0.752. The number of hydrogen-bond donors (Lipinski definition) is 0. The van der Waals surface area contributed by atoms with E-state index < -0.39 is 0 Å². The predicted molar refractivity (Wildman–Crippen MR) is 66.6 cm³/mol. The first kappa shape index (κ1) is 9.85. The van der Waals surface area contributed by atoms with E-state index in [1.54, 1.807) is 0 Å². The van der Waals surface area contributed by atoms with Crippen molar-refractivity contribution in [3.63, 3.8) is 0 Å². The number of rotatable bonds is 1. The van der Waals surface area contributed by atoms with E-state index in [9.17, 15) is 0 Å². The number of ether oxygens (including phenoxy) is 1. The van der Waals surface area contributed by atoms with Gasteiger partial charge in [-0.3, -0.25) is 0 Å². The molecule has 1 aromatic carbocycles. The van der Waals surface area contributed by atoms with Crippen molar-refractivity contribution in [1.29, 1.82) is 0 Å². The van der Waals surface area contributed by atoms with Crippen molar-refractivity contribution in [2.45, 2.75) is 6.42 Å². The first-order valence-corrected chi connectivity index (χ1v) is 6.01. The zero-order valence-electron chi connectivity index (χ0n) is 8.61. The van der Waals surface area contributed by atoms with E-state index in [0.717, 1.165) is 34.6 Å². The monoisotopic (exact) mass is 275 g/mol. The molecule has 1 aliphatic heterocycles. The van der Waals surface area contributed by atoms with E-state index in [-0.39, 0.29) is 0 Å². The molecule has 80 valence electrons. The van der Waals surface area contributed by atoms with Crippen LogP contribution >= 0.6 is 15.9 Å². The molecule has 2 nitrogen and oxygen atoms in total. The van der Waals surface area contributed by atoms with Crippen molar-refractivity contribution in [2.75, 3.05) is 6.61 Å². The van der Waals surface area contributed by atoms with Crippen LogP contribution in [0.15, 0.2) is 40.9 Å². The van der Waals surface area contributed by atoms with Crippen LogP contribution in [-0.4, -0.2) is 11.6 Å². The summed E-state index contributed by atoms with van der Waals surface area (Å²) in [4.78, 5) is 4.53. The second-order valence-electron chi connectivity index (χ2n) is 3.74. The molecule has 0 saturated heterocycles. The summed E-state index contributed by atoms with van der Waals surface area (Å²) >= 11 is 3.53. The van der Waals surface area contributed by atoms with Crippen LogP contribution in [0.2, 0.25) is 0 Å². The van der Waals surface area contributed by atoms with Crippen LogP contribution < -0.4 is 4.74 Å². The molecule has 0 unspecified atom stereocenters. The van der Waals surface area contributed by atoms with Crippen LogP contribution in [0.5, 0.6) is 5.88 Å². The number of nitrogens with zero attached hydrogens (tertiary/aromatic N) is 1. The summed E-state index contributed by atoms with van der Waals surface area (Å²) < 4.78 is 6.53. The molecule has 2 heterocycles. The van der Waals surface area contributed by atoms with Crippen molar-refractivity contribution in [2.24, 2.45) is 0 Å². The van der Waals surface area contributed by atoms with Gasteiger partial charge in [-0.1, -0.05) is 40.2 Å². The molecule has 1 aromatic heterocycles. The second-order valence-corrected chi connectivity index (χ2v) is 4.59. The van der Waals surface area contributed by atoms with Gasteiger partial charge >= 0.3 is 0 Å². The minimum Gasteiger partial charge on any atom is -0.477 e. The highest BCUT2D eigenvalue weighted by atomic mass is 79.9. The number of benzene rings is 1. The number of aromatic nitrogens is 1. The lowest BCUT2D eigenvalue weighted by molar-refractivity contribution is 0.345. The lowest BCUT2D eigenvalue weighted by Crippen LogP contribution is -1.90. The fourth-order valence-corrected chi connectivity index (χ4v) is 2.35. The van der Waals surface area contributed by atoms with Crippen molar-refractivity contribution in [3.05, 3.63) is 46.4 Å². The Hall–Kier alpha value is -1.35. The van der Waals surface area contributed by atoms with Gasteiger partial charge in [0, 0.05) is 22.0 Å². The van der Waals surface area contributed by atoms with Crippen molar-refractivity contribution >= 4 is 15.9 Å². The Morgan fingerprint density at radius 3 is 2.88 bits per heavy atom. The van der Waals surface area contributed by atoms with E-state index in [1.807, 2.05) is 30.3 Å². The molecule has 0 aliphatic carbocycles. The number of pyridine rings is 1. The highest BCUT2D eigenvalue weighted by molar-refractivity contribution is 9.10. The molecule has 0 N–H and O–H groups in total. The quantitative estimate of drug-likeness (QED) is 0.796. The van der Waals surface area contributed by atoms with Gasteiger partial charge in [-0.15, -0.1) is 0 Å². The minimum absolute atomic E-state index is 0.752. The van der Waals surface area contributed by atoms with E-state index in [1.165, 1.54) is 5.56 Å². The van der Waals surface area contributed by atoms with Crippen molar-refractivity contribution in [1.82, 2.24) is 4.98 Å². The molecular formula is C13H10BrNO. The Labute approximate surface area is 102 Å². The van der Waals surface area contributed by atoms with E-state index in [0.29, 0.717) is 0 Å². The maximum atomic E-state index is 5.47. The maximum Gasteiger partial charge on any atom is 0.217 e. The van der Waals surface area contributed by atoms with Crippen LogP contribution in [0.3, 0.4) is 0 Å². The molecular weight excluding hydrogens is 266 g/mol. The Bertz CT molecular complexity index is 539. The molecule has 0 radical (unpaired) electrons. The molecule has 3 heteroatoms. The van der Waals surface area contributed by atoms with E-state index in [4.69, 9.17) is 4.74 Å². The van der Waals surface area contributed by atoms with Crippen LogP contribution in [-0.2, 0) is 6.42 Å². The Kier molecular flexibility index (Phi) is 2.40. The average molecular weight is 276 g/mol. The van der Waals surface area contributed by atoms with Gasteiger partial charge in [0.1, 0.15) is 0 Å². The fourth-order valence-electron chi connectivity index (χ4n) is 1.86. The van der Waals surface area contributed by atoms with E-state index in [2.05, 4.69) is 27.0 Å². The Morgan fingerprint density at radius 1 is 1.12 bits per heavy atom. The van der Waals surface area contributed by atoms with Gasteiger partial charge < -0.3 is 4.74 Å². The zero-order chi connectivity index (χ0) is 11.0. The summed E-state index contributed by atoms with van der Waals surface area (Å²) in [5, 5.41) is 0. The normalized spacial score (nSPS) is 13.3. The molecule has 0 bridgehead atoms. The SMILES string of the molecule is Brc1ccccc1-c1ccc2c(n1)OCC2. The van der Waals surface area contributed by atoms with Gasteiger partial charge in [0.15, 0.2) is 0 Å². The molecule has 1 aliphatic rings.